The molecule has 0 bridgehead atoms. The van der Waals surface area contributed by atoms with Crippen molar-refractivity contribution in [1.82, 2.24) is 15.2 Å². The van der Waals surface area contributed by atoms with E-state index in [9.17, 15) is 4.79 Å². The van der Waals surface area contributed by atoms with E-state index >= 15 is 0 Å². The molecule has 0 aliphatic carbocycles. The number of halogens is 2. The number of nitrogens with zero attached hydrogens (tertiary/aromatic N) is 3. The summed E-state index contributed by atoms with van der Waals surface area (Å²) in [4.78, 5) is 15.7. The SMILES string of the molecule is O=C(OCc1nnc(-c2ccccc2Br)o1)c1cc(Cl)ccn1. The third-order valence-electron chi connectivity index (χ3n) is 2.83. The Balaban J connectivity index is 1.68. The number of ether oxygens (including phenoxy) is 1. The zero-order chi connectivity index (χ0) is 16.2. The minimum absolute atomic E-state index is 0.114. The first-order valence-corrected chi connectivity index (χ1v) is 7.66. The molecular weight excluding hydrogens is 386 g/mol. The summed E-state index contributed by atoms with van der Waals surface area (Å²) in [5, 5.41) is 8.20. The van der Waals surface area contributed by atoms with Crippen molar-refractivity contribution in [1.29, 1.82) is 0 Å². The number of hydrogen-bond acceptors (Lipinski definition) is 6. The van der Waals surface area contributed by atoms with E-state index in [2.05, 4.69) is 31.1 Å². The Labute approximate surface area is 144 Å². The van der Waals surface area contributed by atoms with Crippen LogP contribution in [0.1, 0.15) is 16.4 Å². The molecule has 0 spiro atoms. The van der Waals surface area contributed by atoms with Gasteiger partial charge in [-0.15, -0.1) is 10.2 Å². The van der Waals surface area contributed by atoms with Crippen molar-refractivity contribution in [2.45, 2.75) is 6.61 Å². The van der Waals surface area contributed by atoms with E-state index in [1.54, 1.807) is 6.07 Å². The van der Waals surface area contributed by atoms with Crippen molar-refractivity contribution in [3.63, 3.8) is 0 Å². The molecule has 0 aliphatic rings. The van der Waals surface area contributed by atoms with Gasteiger partial charge in [-0.1, -0.05) is 23.7 Å². The van der Waals surface area contributed by atoms with Crippen molar-refractivity contribution in [2.24, 2.45) is 0 Å². The third-order valence-corrected chi connectivity index (χ3v) is 3.76. The molecule has 0 fully saturated rings. The summed E-state index contributed by atoms with van der Waals surface area (Å²) < 4.78 is 11.4. The molecular formula is C15H9BrClN3O3. The summed E-state index contributed by atoms with van der Waals surface area (Å²) in [5.74, 6) is -0.0938. The van der Waals surface area contributed by atoms with Crippen molar-refractivity contribution in [2.75, 3.05) is 0 Å². The maximum Gasteiger partial charge on any atom is 0.357 e. The average Bonchev–Trinajstić information content (AvgIpc) is 3.02. The molecule has 2 aromatic heterocycles. The van der Waals surface area contributed by atoms with Gasteiger partial charge in [0.05, 0.1) is 5.56 Å². The molecule has 0 atom stereocenters. The number of carbonyl (C=O) groups is 1. The van der Waals surface area contributed by atoms with Crippen LogP contribution in [0.4, 0.5) is 0 Å². The second kappa shape index (κ2) is 6.89. The molecule has 0 N–H and O–H groups in total. The summed E-state index contributed by atoms with van der Waals surface area (Å²) in [7, 11) is 0. The first-order chi connectivity index (χ1) is 11.1. The van der Waals surface area contributed by atoms with Gasteiger partial charge in [-0.2, -0.15) is 0 Å². The van der Waals surface area contributed by atoms with Crippen LogP contribution < -0.4 is 0 Å². The van der Waals surface area contributed by atoms with Gasteiger partial charge in [0.15, 0.2) is 6.61 Å². The van der Waals surface area contributed by atoms with E-state index in [0.29, 0.717) is 10.9 Å². The Bertz CT molecular complexity index is 853. The van der Waals surface area contributed by atoms with Crippen LogP contribution in [0.3, 0.4) is 0 Å². The lowest BCUT2D eigenvalue weighted by Crippen LogP contribution is -2.07. The van der Waals surface area contributed by atoms with Crippen molar-refractivity contribution < 1.29 is 13.9 Å². The monoisotopic (exact) mass is 393 g/mol. The Morgan fingerprint density at radius 2 is 2.09 bits per heavy atom. The number of pyridine rings is 1. The fourth-order valence-corrected chi connectivity index (χ4v) is 2.39. The lowest BCUT2D eigenvalue weighted by atomic mass is 10.2. The number of esters is 1. The van der Waals surface area contributed by atoms with Crippen LogP contribution in [0.15, 0.2) is 51.5 Å². The van der Waals surface area contributed by atoms with Crippen LogP contribution in [0, 0.1) is 0 Å². The zero-order valence-electron chi connectivity index (χ0n) is 11.6. The number of rotatable bonds is 4. The Kier molecular flexibility index (Phi) is 4.68. The van der Waals surface area contributed by atoms with E-state index in [4.69, 9.17) is 20.8 Å². The minimum atomic E-state index is -0.617. The smallest absolute Gasteiger partial charge is 0.357 e. The van der Waals surface area contributed by atoms with E-state index in [-0.39, 0.29) is 18.2 Å². The largest absolute Gasteiger partial charge is 0.451 e. The van der Waals surface area contributed by atoms with Crippen LogP contribution in [-0.2, 0) is 11.3 Å². The first kappa shape index (κ1) is 15.6. The molecule has 23 heavy (non-hydrogen) atoms. The van der Waals surface area contributed by atoms with E-state index in [0.717, 1.165) is 10.0 Å². The molecule has 3 rings (SSSR count). The van der Waals surface area contributed by atoms with Gasteiger partial charge < -0.3 is 9.15 Å². The van der Waals surface area contributed by atoms with Crippen molar-refractivity contribution >= 4 is 33.5 Å². The first-order valence-electron chi connectivity index (χ1n) is 6.49. The molecule has 6 nitrogen and oxygen atoms in total. The maximum atomic E-state index is 11.9. The van der Waals surface area contributed by atoms with Crippen LogP contribution in [-0.4, -0.2) is 21.2 Å². The highest BCUT2D eigenvalue weighted by molar-refractivity contribution is 9.10. The lowest BCUT2D eigenvalue weighted by Gasteiger charge is -2.01. The van der Waals surface area contributed by atoms with Gasteiger partial charge in [0.25, 0.3) is 5.89 Å². The van der Waals surface area contributed by atoms with Gasteiger partial charge in [-0.25, -0.2) is 9.78 Å². The molecule has 0 saturated carbocycles. The summed E-state index contributed by atoms with van der Waals surface area (Å²) >= 11 is 9.21. The van der Waals surface area contributed by atoms with Crippen LogP contribution >= 0.6 is 27.5 Å². The van der Waals surface area contributed by atoms with Gasteiger partial charge >= 0.3 is 5.97 Å². The van der Waals surface area contributed by atoms with Crippen molar-refractivity contribution in [3.05, 3.63) is 63.7 Å². The molecule has 0 saturated heterocycles. The number of benzene rings is 1. The summed E-state index contributed by atoms with van der Waals surface area (Å²) in [6.07, 6.45) is 1.43. The van der Waals surface area contributed by atoms with E-state index in [1.165, 1.54) is 12.3 Å². The molecule has 116 valence electrons. The highest BCUT2D eigenvalue weighted by Crippen LogP contribution is 2.26. The molecule has 0 amide bonds. The Morgan fingerprint density at radius 1 is 1.26 bits per heavy atom. The van der Waals surface area contributed by atoms with Gasteiger partial charge in [0.2, 0.25) is 5.89 Å². The highest BCUT2D eigenvalue weighted by atomic mass is 79.9. The van der Waals surface area contributed by atoms with Gasteiger partial charge in [0.1, 0.15) is 5.69 Å². The van der Waals surface area contributed by atoms with Crippen LogP contribution in [0.5, 0.6) is 0 Å². The van der Waals surface area contributed by atoms with Crippen LogP contribution in [0.2, 0.25) is 5.02 Å². The number of carbonyl (C=O) groups excluding carboxylic acids is 1. The molecule has 0 unspecified atom stereocenters. The predicted octanol–water partition coefficient (Wildman–Crippen LogP) is 3.90. The van der Waals surface area contributed by atoms with Gasteiger partial charge in [0, 0.05) is 15.7 Å². The lowest BCUT2D eigenvalue weighted by molar-refractivity contribution is 0.0431. The Hall–Kier alpha value is -2.25. The molecule has 0 aliphatic heterocycles. The number of hydrogen-bond donors (Lipinski definition) is 0. The Morgan fingerprint density at radius 3 is 2.87 bits per heavy atom. The normalized spacial score (nSPS) is 10.5. The van der Waals surface area contributed by atoms with Crippen molar-refractivity contribution in [3.8, 4) is 11.5 Å². The summed E-state index contributed by atoms with van der Waals surface area (Å²) in [6, 6.07) is 10.4. The van der Waals surface area contributed by atoms with Gasteiger partial charge in [-0.3, -0.25) is 0 Å². The summed E-state index contributed by atoms with van der Waals surface area (Å²) in [5.41, 5.74) is 0.872. The molecule has 8 heteroatoms. The predicted molar refractivity (Wildman–Crippen MR) is 85.8 cm³/mol. The average molecular weight is 395 g/mol. The summed E-state index contributed by atoms with van der Waals surface area (Å²) in [6.45, 7) is -0.148. The fourth-order valence-electron chi connectivity index (χ4n) is 1.77. The highest BCUT2D eigenvalue weighted by Gasteiger charge is 2.14. The van der Waals surface area contributed by atoms with Crippen LogP contribution in [0.25, 0.3) is 11.5 Å². The molecule has 0 radical (unpaired) electrons. The quantitative estimate of drug-likeness (QED) is 0.624. The fraction of sp³-hybridized carbons (Fsp3) is 0.0667. The second-order valence-electron chi connectivity index (χ2n) is 4.42. The minimum Gasteiger partial charge on any atom is -0.451 e. The maximum absolute atomic E-state index is 11.9. The number of aromatic nitrogens is 3. The molecule has 2 heterocycles. The molecule has 1 aromatic carbocycles. The topological polar surface area (TPSA) is 78.1 Å². The standard InChI is InChI=1S/C15H9BrClN3O3/c16-11-4-2-1-3-10(11)14-20-19-13(23-14)8-22-15(21)12-7-9(17)5-6-18-12/h1-7H,8H2. The zero-order valence-corrected chi connectivity index (χ0v) is 13.9. The van der Waals surface area contributed by atoms with E-state index in [1.807, 2.05) is 24.3 Å². The second-order valence-corrected chi connectivity index (χ2v) is 5.71. The third kappa shape index (κ3) is 3.75. The van der Waals surface area contributed by atoms with E-state index < -0.39 is 5.97 Å². The van der Waals surface area contributed by atoms with Gasteiger partial charge in [-0.05, 0) is 40.2 Å². The molecule has 3 aromatic rings.